The maximum Gasteiger partial charge on any atom is 0.353 e. The van der Waals surface area contributed by atoms with Gasteiger partial charge in [-0.25, -0.2) is 9.78 Å². The van der Waals surface area contributed by atoms with Gasteiger partial charge in [0, 0.05) is 12.6 Å². The van der Waals surface area contributed by atoms with E-state index >= 15 is 0 Å². The predicted molar refractivity (Wildman–Crippen MR) is 137 cm³/mol. The van der Waals surface area contributed by atoms with E-state index < -0.39 is 0 Å². The van der Waals surface area contributed by atoms with Crippen LogP contribution in [0.3, 0.4) is 0 Å². The summed E-state index contributed by atoms with van der Waals surface area (Å²) in [6.45, 7) is 11.2. The zero-order valence-corrected chi connectivity index (χ0v) is 21.0. The number of esters is 1. The fraction of sp³-hybridized carbons (Fsp3) is 0.440. The van der Waals surface area contributed by atoms with Crippen molar-refractivity contribution in [3.8, 4) is 5.75 Å². The lowest BCUT2D eigenvalue weighted by molar-refractivity contribution is 0.0739. The molecule has 0 bridgehead atoms. The van der Waals surface area contributed by atoms with E-state index in [1.54, 1.807) is 12.1 Å². The van der Waals surface area contributed by atoms with Gasteiger partial charge in [0.15, 0.2) is 5.82 Å². The summed E-state index contributed by atoms with van der Waals surface area (Å²) in [6, 6.07) is 7.37. The van der Waals surface area contributed by atoms with Crippen molar-refractivity contribution < 1.29 is 9.53 Å². The Morgan fingerprint density at radius 3 is 2.71 bits per heavy atom. The second-order valence-corrected chi connectivity index (χ2v) is 9.82. The number of unbranched alkanes of at least 4 members (excludes halogenated alkanes) is 1. The molecule has 2 N–H and O–H groups in total. The highest BCUT2D eigenvalue weighted by Gasteiger charge is 2.16. The number of ether oxygens (including phenoxy) is 1. The van der Waals surface area contributed by atoms with E-state index in [1.165, 1.54) is 17.8 Å². The van der Waals surface area contributed by atoms with Crippen LogP contribution in [0.5, 0.6) is 5.75 Å². The molecule has 0 aliphatic heterocycles. The Hall–Kier alpha value is -3.04. The number of anilines is 1. The van der Waals surface area contributed by atoms with Crippen LogP contribution in [0.1, 0.15) is 54.2 Å². The molecule has 0 unspecified atom stereocenters. The smallest absolute Gasteiger partial charge is 0.353 e. The van der Waals surface area contributed by atoms with Crippen LogP contribution in [0.15, 0.2) is 29.6 Å². The van der Waals surface area contributed by atoms with Crippen LogP contribution in [-0.4, -0.2) is 45.2 Å². The molecule has 3 heterocycles. The molecule has 0 aliphatic rings. The monoisotopic (exact) mass is 480 g/mol. The minimum atomic E-state index is -0.353. The first-order valence-corrected chi connectivity index (χ1v) is 12.7. The van der Waals surface area contributed by atoms with E-state index in [4.69, 9.17) is 9.72 Å². The highest BCUT2D eigenvalue weighted by atomic mass is 32.1. The zero-order chi connectivity index (χ0) is 24.1. The molecule has 3 aromatic heterocycles. The van der Waals surface area contributed by atoms with Crippen molar-refractivity contribution in [2.45, 2.75) is 47.0 Å². The first-order chi connectivity index (χ1) is 16.4. The summed E-state index contributed by atoms with van der Waals surface area (Å²) in [5.41, 5.74) is 3.18. The van der Waals surface area contributed by atoms with E-state index in [1.807, 2.05) is 35.8 Å². The number of carbonyl (C=O) groups excluding carboxylic acids is 1. The second kappa shape index (κ2) is 10.9. The summed E-state index contributed by atoms with van der Waals surface area (Å²) in [7, 11) is 0. The standard InChI is InChI=1S/C25H32N6O2S/c1-16(2)9-13-26-11-5-6-12-27-23-24-30-29-18(4)31(24)21-8-7-19(15-20(21)28-23)33-25(32)22-17(3)10-14-34-22/h7-8,10,14-16,26H,5-6,9,11-13H2,1-4H3,(H,27,28). The van der Waals surface area contributed by atoms with Gasteiger partial charge in [-0.3, -0.25) is 4.40 Å². The topological polar surface area (TPSA) is 93.4 Å². The van der Waals surface area contributed by atoms with Crippen molar-refractivity contribution in [1.82, 2.24) is 24.9 Å². The number of nitrogens with one attached hydrogen (secondary N) is 2. The summed E-state index contributed by atoms with van der Waals surface area (Å²) in [5, 5.41) is 17.4. The summed E-state index contributed by atoms with van der Waals surface area (Å²) in [5.74, 6) is 2.29. The molecule has 0 radical (unpaired) electrons. The largest absolute Gasteiger partial charge is 0.422 e. The van der Waals surface area contributed by atoms with Crippen LogP contribution in [0.2, 0.25) is 0 Å². The number of thiophene rings is 1. The highest BCUT2D eigenvalue weighted by Crippen LogP contribution is 2.26. The molecule has 8 nitrogen and oxygen atoms in total. The second-order valence-electron chi connectivity index (χ2n) is 8.91. The van der Waals surface area contributed by atoms with Gasteiger partial charge in [0.05, 0.1) is 11.0 Å². The van der Waals surface area contributed by atoms with E-state index in [-0.39, 0.29) is 5.97 Å². The highest BCUT2D eigenvalue weighted by molar-refractivity contribution is 7.12. The van der Waals surface area contributed by atoms with Crippen LogP contribution in [-0.2, 0) is 0 Å². The Morgan fingerprint density at radius 2 is 1.94 bits per heavy atom. The van der Waals surface area contributed by atoms with Gasteiger partial charge < -0.3 is 15.4 Å². The molecule has 0 saturated carbocycles. The van der Waals surface area contributed by atoms with Crippen molar-refractivity contribution in [3.05, 3.63) is 45.9 Å². The molecule has 4 rings (SSSR count). The Morgan fingerprint density at radius 1 is 1.12 bits per heavy atom. The Kier molecular flexibility index (Phi) is 7.74. The van der Waals surface area contributed by atoms with Gasteiger partial charge in [-0.05, 0) is 81.3 Å². The molecule has 9 heteroatoms. The van der Waals surface area contributed by atoms with Crippen molar-refractivity contribution in [1.29, 1.82) is 0 Å². The molecule has 0 saturated heterocycles. The van der Waals surface area contributed by atoms with E-state index in [0.29, 0.717) is 27.6 Å². The SMILES string of the molecule is Cc1ccsc1C(=O)Oc1ccc2c(c1)nc(NCCCCNCCC(C)C)c1nnc(C)n12. The van der Waals surface area contributed by atoms with Gasteiger partial charge in [-0.1, -0.05) is 13.8 Å². The van der Waals surface area contributed by atoms with Crippen LogP contribution in [0.4, 0.5) is 5.82 Å². The van der Waals surface area contributed by atoms with Crippen molar-refractivity contribution >= 4 is 39.8 Å². The average molecular weight is 481 g/mol. The number of hydrogen-bond acceptors (Lipinski definition) is 8. The number of aromatic nitrogens is 4. The van der Waals surface area contributed by atoms with Crippen molar-refractivity contribution in [2.24, 2.45) is 5.92 Å². The third-order valence-electron chi connectivity index (χ3n) is 5.69. The predicted octanol–water partition coefficient (Wildman–Crippen LogP) is 5.00. The number of nitrogens with zero attached hydrogens (tertiary/aromatic N) is 4. The summed E-state index contributed by atoms with van der Waals surface area (Å²) in [6.07, 6.45) is 3.31. The van der Waals surface area contributed by atoms with Crippen LogP contribution >= 0.6 is 11.3 Å². The number of carbonyl (C=O) groups is 1. The number of benzene rings is 1. The Balaban J connectivity index is 1.47. The van der Waals surface area contributed by atoms with Crippen LogP contribution in [0, 0.1) is 19.8 Å². The molecule has 34 heavy (non-hydrogen) atoms. The lowest BCUT2D eigenvalue weighted by Crippen LogP contribution is -2.19. The lowest BCUT2D eigenvalue weighted by atomic mass is 10.1. The number of aryl methyl sites for hydroxylation is 2. The summed E-state index contributed by atoms with van der Waals surface area (Å²) < 4.78 is 7.61. The lowest BCUT2D eigenvalue weighted by Gasteiger charge is -2.11. The molecular formula is C25H32N6O2S. The molecule has 0 aliphatic carbocycles. The van der Waals surface area contributed by atoms with Crippen molar-refractivity contribution in [2.75, 3.05) is 25.0 Å². The van der Waals surface area contributed by atoms with Gasteiger partial charge in [0.2, 0.25) is 5.65 Å². The third kappa shape index (κ3) is 5.53. The van der Waals surface area contributed by atoms with Crippen LogP contribution in [0.25, 0.3) is 16.7 Å². The summed E-state index contributed by atoms with van der Waals surface area (Å²) in [4.78, 5) is 18.0. The molecule has 0 fully saturated rings. The fourth-order valence-electron chi connectivity index (χ4n) is 3.77. The number of rotatable bonds is 11. The first kappa shape index (κ1) is 24.1. The van der Waals surface area contributed by atoms with E-state index in [9.17, 15) is 4.79 Å². The van der Waals surface area contributed by atoms with Gasteiger partial charge in [-0.15, -0.1) is 21.5 Å². The minimum absolute atomic E-state index is 0.353. The normalized spacial score (nSPS) is 11.6. The molecule has 180 valence electrons. The third-order valence-corrected chi connectivity index (χ3v) is 6.68. The quantitative estimate of drug-likeness (QED) is 0.177. The first-order valence-electron chi connectivity index (χ1n) is 11.8. The van der Waals surface area contributed by atoms with Gasteiger partial charge in [0.25, 0.3) is 0 Å². The molecule has 0 atom stereocenters. The van der Waals surface area contributed by atoms with E-state index in [0.717, 1.165) is 55.3 Å². The summed E-state index contributed by atoms with van der Waals surface area (Å²) >= 11 is 1.38. The molecule has 0 spiro atoms. The molecular weight excluding hydrogens is 448 g/mol. The minimum Gasteiger partial charge on any atom is -0.422 e. The average Bonchev–Trinajstić information content (AvgIpc) is 3.41. The number of hydrogen-bond donors (Lipinski definition) is 2. The fourth-order valence-corrected chi connectivity index (χ4v) is 4.57. The Bertz CT molecular complexity index is 1280. The zero-order valence-electron chi connectivity index (χ0n) is 20.2. The molecule has 1 aromatic carbocycles. The van der Waals surface area contributed by atoms with Gasteiger partial charge >= 0.3 is 5.97 Å². The van der Waals surface area contributed by atoms with Crippen LogP contribution < -0.4 is 15.4 Å². The van der Waals surface area contributed by atoms with Gasteiger partial charge in [-0.2, -0.15) is 0 Å². The van der Waals surface area contributed by atoms with Crippen molar-refractivity contribution in [3.63, 3.8) is 0 Å². The maximum atomic E-state index is 12.6. The number of fused-ring (bicyclic) bond motifs is 3. The maximum absolute atomic E-state index is 12.6. The van der Waals surface area contributed by atoms with E-state index in [2.05, 4.69) is 34.7 Å². The Labute approximate surface area is 203 Å². The molecule has 0 amide bonds. The molecule has 4 aromatic rings. The van der Waals surface area contributed by atoms with Gasteiger partial charge in [0.1, 0.15) is 16.5 Å².